The Morgan fingerprint density at radius 1 is 0.969 bits per heavy atom. The molecule has 0 radical (unpaired) electrons. The summed E-state index contributed by atoms with van der Waals surface area (Å²) in [6.07, 6.45) is 0. The molecule has 0 spiro atoms. The zero-order valence-corrected chi connectivity index (χ0v) is 17.9. The lowest BCUT2D eigenvalue weighted by molar-refractivity contribution is -0.119. The van der Waals surface area contributed by atoms with Crippen molar-refractivity contribution in [3.63, 3.8) is 0 Å². The summed E-state index contributed by atoms with van der Waals surface area (Å²) in [5.41, 5.74) is 9.92. The number of hydrogen-bond acceptors (Lipinski definition) is 6. The molecule has 0 atom stereocenters. The molecule has 0 saturated carbocycles. The van der Waals surface area contributed by atoms with Gasteiger partial charge in [0.2, 0.25) is 5.82 Å². The van der Waals surface area contributed by atoms with Gasteiger partial charge in [-0.25, -0.2) is 0 Å². The second-order valence-electron chi connectivity index (χ2n) is 7.46. The molecular formula is C25H23N3O4. The van der Waals surface area contributed by atoms with E-state index in [1.165, 1.54) is 0 Å². The quantitative estimate of drug-likeness (QED) is 0.444. The van der Waals surface area contributed by atoms with E-state index in [2.05, 4.69) is 22.3 Å². The number of hydrogen-bond donors (Lipinski definition) is 1. The van der Waals surface area contributed by atoms with Crippen LogP contribution < -0.4 is 15.2 Å². The fourth-order valence-corrected chi connectivity index (χ4v) is 3.13. The first-order valence-electron chi connectivity index (χ1n) is 10.1. The largest absolute Gasteiger partial charge is 0.489 e. The molecule has 0 aliphatic rings. The molecule has 4 rings (SSSR count). The molecule has 0 bridgehead atoms. The Morgan fingerprint density at radius 3 is 2.56 bits per heavy atom. The first-order chi connectivity index (χ1) is 15.5. The van der Waals surface area contributed by atoms with Gasteiger partial charge in [-0.15, -0.1) is 0 Å². The SMILES string of the molecule is Cc1ccc(C)c(OCc2cccc(-c3nc(-c4ccc(OCC(N)=O)cc4)no3)c2)c1. The van der Waals surface area contributed by atoms with Gasteiger partial charge < -0.3 is 19.7 Å². The average Bonchev–Trinajstić information content (AvgIpc) is 3.29. The van der Waals surface area contributed by atoms with Gasteiger partial charge in [0, 0.05) is 11.1 Å². The predicted octanol–water partition coefficient (Wildman–Crippen LogP) is 4.46. The van der Waals surface area contributed by atoms with Crippen molar-refractivity contribution in [3.8, 4) is 34.3 Å². The van der Waals surface area contributed by atoms with Crippen molar-refractivity contribution < 1.29 is 18.8 Å². The van der Waals surface area contributed by atoms with Crippen LogP contribution in [-0.2, 0) is 11.4 Å². The molecule has 4 aromatic rings. The van der Waals surface area contributed by atoms with Gasteiger partial charge >= 0.3 is 0 Å². The summed E-state index contributed by atoms with van der Waals surface area (Å²) in [6, 6.07) is 21.0. The van der Waals surface area contributed by atoms with Crippen LogP contribution in [0.3, 0.4) is 0 Å². The lowest BCUT2D eigenvalue weighted by Gasteiger charge is -2.10. The number of primary amides is 1. The predicted molar refractivity (Wildman–Crippen MR) is 120 cm³/mol. The number of aromatic nitrogens is 2. The van der Waals surface area contributed by atoms with Gasteiger partial charge in [0.25, 0.3) is 11.8 Å². The molecule has 32 heavy (non-hydrogen) atoms. The van der Waals surface area contributed by atoms with Crippen molar-refractivity contribution in [1.82, 2.24) is 10.1 Å². The van der Waals surface area contributed by atoms with E-state index in [4.69, 9.17) is 19.7 Å². The van der Waals surface area contributed by atoms with Gasteiger partial charge in [-0.2, -0.15) is 4.98 Å². The highest BCUT2D eigenvalue weighted by molar-refractivity contribution is 5.75. The molecule has 7 nitrogen and oxygen atoms in total. The Balaban J connectivity index is 1.46. The van der Waals surface area contributed by atoms with Crippen LogP contribution in [0.4, 0.5) is 0 Å². The number of carbonyl (C=O) groups is 1. The second kappa shape index (κ2) is 9.34. The molecule has 0 aliphatic carbocycles. The minimum Gasteiger partial charge on any atom is -0.489 e. The topological polar surface area (TPSA) is 100 Å². The maximum atomic E-state index is 10.8. The average molecular weight is 429 g/mol. The summed E-state index contributed by atoms with van der Waals surface area (Å²) in [7, 11) is 0. The first-order valence-corrected chi connectivity index (χ1v) is 10.1. The first kappa shape index (κ1) is 21.1. The van der Waals surface area contributed by atoms with Crippen LogP contribution >= 0.6 is 0 Å². The van der Waals surface area contributed by atoms with E-state index in [0.717, 1.165) is 33.6 Å². The normalized spacial score (nSPS) is 10.7. The monoisotopic (exact) mass is 429 g/mol. The van der Waals surface area contributed by atoms with Crippen LogP contribution in [-0.4, -0.2) is 22.7 Å². The Morgan fingerprint density at radius 2 is 1.78 bits per heavy atom. The fourth-order valence-electron chi connectivity index (χ4n) is 3.13. The van der Waals surface area contributed by atoms with E-state index in [9.17, 15) is 4.79 Å². The molecule has 1 aromatic heterocycles. The highest BCUT2D eigenvalue weighted by atomic mass is 16.5. The summed E-state index contributed by atoms with van der Waals surface area (Å²) in [5, 5.41) is 4.08. The summed E-state index contributed by atoms with van der Waals surface area (Å²) in [6.45, 7) is 4.34. The van der Waals surface area contributed by atoms with Gasteiger partial charge in [0.05, 0.1) is 0 Å². The van der Waals surface area contributed by atoms with E-state index < -0.39 is 5.91 Å². The molecule has 0 saturated heterocycles. The third kappa shape index (κ3) is 5.13. The number of aryl methyl sites for hydroxylation is 2. The summed E-state index contributed by atoms with van der Waals surface area (Å²) < 4.78 is 16.7. The molecule has 2 N–H and O–H groups in total. The van der Waals surface area contributed by atoms with Crippen LogP contribution in [0.25, 0.3) is 22.8 Å². The molecule has 1 amide bonds. The van der Waals surface area contributed by atoms with Crippen molar-refractivity contribution in [2.24, 2.45) is 5.73 Å². The number of carbonyl (C=O) groups excluding carboxylic acids is 1. The van der Waals surface area contributed by atoms with Crippen molar-refractivity contribution in [2.75, 3.05) is 6.61 Å². The molecule has 0 unspecified atom stereocenters. The zero-order chi connectivity index (χ0) is 22.5. The Kier molecular flexibility index (Phi) is 6.17. The van der Waals surface area contributed by atoms with Gasteiger partial charge in [-0.1, -0.05) is 29.4 Å². The molecule has 0 fully saturated rings. The minimum absolute atomic E-state index is 0.171. The number of benzene rings is 3. The van der Waals surface area contributed by atoms with Gasteiger partial charge in [0.15, 0.2) is 6.61 Å². The summed E-state index contributed by atoms with van der Waals surface area (Å²) in [5.74, 6) is 1.76. The van der Waals surface area contributed by atoms with Crippen LogP contribution in [0, 0.1) is 13.8 Å². The van der Waals surface area contributed by atoms with Gasteiger partial charge in [-0.05, 0) is 73.0 Å². The zero-order valence-electron chi connectivity index (χ0n) is 17.9. The Bertz CT molecular complexity index is 1230. The van der Waals surface area contributed by atoms with E-state index in [1.54, 1.807) is 24.3 Å². The number of amides is 1. The molecule has 7 heteroatoms. The number of nitrogens with zero attached hydrogens (tertiary/aromatic N) is 2. The van der Waals surface area contributed by atoms with E-state index in [1.807, 2.05) is 44.2 Å². The van der Waals surface area contributed by atoms with Crippen LogP contribution in [0.2, 0.25) is 0 Å². The maximum absolute atomic E-state index is 10.8. The standard InChI is InChI=1S/C25H23N3O4/c1-16-6-7-17(2)22(12-16)31-14-18-4-3-5-20(13-18)25-27-24(28-32-25)19-8-10-21(11-9-19)30-15-23(26)29/h3-13H,14-15H2,1-2H3,(H2,26,29). The lowest BCUT2D eigenvalue weighted by Crippen LogP contribution is -2.19. The number of rotatable bonds is 8. The van der Waals surface area contributed by atoms with Crippen LogP contribution in [0.1, 0.15) is 16.7 Å². The highest BCUT2D eigenvalue weighted by Gasteiger charge is 2.12. The maximum Gasteiger partial charge on any atom is 0.258 e. The summed E-state index contributed by atoms with van der Waals surface area (Å²) in [4.78, 5) is 15.3. The Hall–Kier alpha value is -4.13. The van der Waals surface area contributed by atoms with E-state index in [0.29, 0.717) is 24.1 Å². The third-order valence-electron chi connectivity index (χ3n) is 4.83. The Labute approximate surface area is 185 Å². The minimum atomic E-state index is -0.529. The smallest absolute Gasteiger partial charge is 0.258 e. The second-order valence-corrected chi connectivity index (χ2v) is 7.46. The van der Waals surface area contributed by atoms with Crippen LogP contribution in [0.5, 0.6) is 11.5 Å². The van der Waals surface area contributed by atoms with E-state index >= 15 is 0 Å². The van der Waals surface area contributed by atoms with Crippen molar-refractivity contribution in [2.45, 2.75) is 20.5 Å². The molecular weight excluding hydrogens is 406 g/mol. The van der Waals surface area contributed by atoms with Crippen molar-refractivity contribution in [1.29, 1.82) is 0 Å². The van der Waals surface area contributed by atoms with E-state index in [-0.39, 0.29) is 6.61 Å². The fraction of sp³-hybridized carbons (Fsp3) is 0.160. The molecule has 3 aromatic carbocycles. The molecule has 1 heterocycles. The summed E-state index contributed by atoms with van der Waals surface area (Å²) >= 11 is 0. The third-order valence-corrected chi connectivity index (χ3v) is 4.83. The lowest BCUT2D eigenvalue weighted by atomic mass is 10.1. The highest BCUT2D eigenvalue weighted by Crippen LogP contribution is 2.25. The van der Waals surface area contributed by atoms with Gasteiger partial charge in [0.1, 0.15) is 18.1 Å². The van der Waals surface area contributed by atoms with Crippen molar-refractivity contribution in [3.05, 3.63) is 83.4 Å². The van der Waals surface area contributed by atoms with Crippen LogP contribution in [0.15, 0.2) is 71.3 Å². The molecule has 162 valence electrons. The number of nitrogens with two attached hydrogens (primary N) is 1. The van der Waals surface area contributed by atoms with Gasteiger partial charge in [-0.3, -0.25) is 4.79 Å². The number of ether oxygens (including phenoxy) is 2. The van der Waals surface area contributed by atoms with Crippen molar-refractivity contribution >= 4 is 5.91 Å². The molecule has 0 aliphatic heterocycles.